The summed E-state index contributed by atoms with van der Waals surface area (Å²) in [6.45, 7) is 15.2. The molecular weight excluding hydrogens is 518 g/mol. The van der Waals surface area contributed by atoms with E-state index < -0.39 is 5.60 Å². The zero-order valence-corrected chi connectivity index (χ0v) is 24.3. The zero-order chi connectivity index (χ0) is 28.7. The Morgan fingerprint density at radius 1 is 0.436 bits per heavy atom. The molecule has 2 N–H and O–H groups in total. The second-order valence-electron chi connectivity index (χ2n) is 8.94. The van der Waals surface area contributed by atoms with Gasteiger partial charge in [-0.05, 0) is 20.8 Å². The van der Waals surface area contributed by atoms with Crippen molar-refractivity contribution in [1.82, 2.24) is 0 Å². The first kappa shape index (κ1) is 38.0. The first-order valence-electron chi connectivity index (χ1n) is 13.6. The third-order valence-electron chi connectivity index (χ3n) is 4.25. The molecule has 0 amide bonds. The van der Waals surface area contributed by atoms with Gasteiger partial charge in [0.15, 0.2) is 0 Å². The Bertz CT molecular complexity index is 508. The molecule has 0 aromatic rings. The van der Waals surface area contributed by atoms with E-state index in [1.54, 1.807) is 0 Å². The Morgan fingerprint density at radius 3 is 0.897 bits per heavy atom. The van der Waals surface area contributed by atoms with Gasteiger partial charge in [-0.15, -0.1) is 0 Å². The van der Waals surface area contributed by atoms with Gasteiger partial charge in [-0.25, -0.2) is 4.79 Å². The van der Waals surface area contributed by atoms with E-state index >= 15 is 0 Å². The molecule has 0 aromatic heterocycles. The summed E-state index contributed by atoms with van der Waals surface area (Å²) in [7, 11) is 0. The third kappa shape index (κ3) is 35.0. The maximum atomic E-state index is 11.5. The van der Waals surface area contributed by atoms with Crippen LogP contribution in [0, 0.1) is 0 Å². The fourth-order valence-corrected chi connectivity index (χ4v) is 2.59. The fourth-order valence-electron chi connectivity index (χ4n) is 2.59. The number of hydrogen-bond donors (Lipinski definition) is 1. The number of ether oxygens (including phenoxy) is 11. The minimum Gasteiger partial charge on any atom is -0.458 e. The molecule has 0 aliphatic heterocycles. The van der Waals surface area contributed by atoms with Crippen LogP contribution in [-0.2, 0) is 56.9 Å². The summed E-state index contributed by atoms with van der Waals surface area (Å²) in [5.74, 6) is -0.385. The number of hydrogen-bond acceptors (Lipinski definition) is 13. The van der Waals surface area contributed by atoms with Crippen molar-refractivity contribution in [2.75, 3.05) is 139 Å². The summed E-state index contributed by atoms with van der Waals surface area (Å²) >= 11 is 0. The van der Waals surface area contributed by atoms with Crippen molar-refractivity contribution in [3.63, 3.8) is 0 Å². The van der Waals surface area contributed by atoms with Crippen LogP contribution in [-0.4, -0.2) is 150 Å². The van der Waals surface area contributed by atoms with Crippen molar-refractivity contribution in [3.8, 4) is 0 Å². The molecule has 0 fully saturated rings. The van der Waals surface area contributed by atoms with Gasteiger partial charge in [-0.2, -0.15) is 0 Å². The topological polar surface area (TPSA) is 145 Å². The third-order valence-corrected chi connectivity index (χ3v) is 4.25. The van der Waals surface area contributed by atoms with Crippen LogP contribution in [0.15, 0.2) is 0 Å². The number of carbonyl (C=O) groups excluding carboxylic acids is 1. The lowest BCUT2D eigenvalue weighted by Gasteiger charge is -2.19. The molecule has 0 saturated heterocycles. The van der Waals surface area contributed by atoms with Crippen molar-refractivity contribution >= 4 is 5.97 Å². The van der Waals surface area contributed by atoms with Gasteiger partial charge in [0.05, 0.1) is 126 Å². The molecule has 0 radical (unpaired) electrons. The second-order valence-corrected chi connectivity index (χ2v) is 8.94. The van der Waals surface area contributed by atoms with E-state index in [9.17, 15) is 4.79 Å². The highest BCUT2D eigenvalue weighted by atomic mass is 16.6. The van der Waals surface area contributed by atoms with Crippen LogP contribution < -0.4 is 5.73 Å². The molecule has 0 aliphatic rings. The molecule has 0 atom stereocenters. The maximum Gasteiger partial charge on any atom is 0.332 e. The molecule has 39 heavy (non-hydrogen) atoms. The van der Waals surface area contributed by atoms with E-state index in [4.69, 9.17) is 57.8 Å². The lowest BCUT2D eigenvalue weighted by atomic mass is 10.2. The lowest BCUT2D eigenvalue weighted by Crippen LogP contribution is -2.27. The molecule has 0 unspecified atom stereocenters. The van der Waals surface area contributed by atoms with Gasteiger partial charge in [-0.1, -0.05) is 0 Å². The van der Waals surface area contributed by atoms with Crippen LogP contribution in [0.2, 0.25) is 0 Å². The first-order chi connectivity index (χ1) is 19.0. The molecule has 234 valence electrons. The van der Waals surface area contributed by atoms with Crippen molar-refractivity contribution in [2.24, 2.45) is 5.73 Å². The Hall–Kier alpha value is -0.970. The van der Waals surface area contributed by atoms with Crippen LogP contribution >= 0.6 is 0 Å². The smallest absolute Gasteiger partial charge is 0.332 e. The van der Waals surface area contributed by atoms with Crippen LogP contribution in [0.5, 0.6) is 0 Å². The quantitative estimate of drug-likeness (QED) is 0.0909. The van der Waals surface area contributed by atoms with Gasteiger partial charge < -0.3 is 57.8 Å². The van der Waals surface area contributed by atoms with Crippen LogP contribution in [0.4, 0.5) is 0 Å². The van der Waals surface area contributed by atoms with E-state index in [0.29, 0.717) is 132 Å². The standard InChI is InChI=1S/C26H53NO12/c1-26(2,3)39-25(28)24-38-23-22-37-21-20-36-19-18-35-17-16-34-15-14-33-13-12-32-11-10-31-9-8-30-7-6-29-5-4-27/h4-24,27H2,1-3H3. The van der Waals surface area contributed by atoms with E-state index in [-0.39, 0.29) is 12.6 Å². The average Bonchev–Trinajstić information content (AvgIpc) is 2.88. The SMILES string of the molecule is CC(C)(C)OC(=O)COCCOCCOCCOCCOCCOCCOCCOCCOCCOCCN. The predicted octanol–water partition coefficient (Wildman–Crippen LogP) is 0.453. The molecule has 0 aromatic carbocycles. The zero-order valence-electron chi connectivity index (χ0n) is 24.3. The van der Waals surface area contributed by atoms with Gasteiger partial charge in [0, 0.05) is 6.54 Å². The minimum atomic E-state index is -0.508. The normalized spacial score (nSPS) is 11.8. The predicted molar refractivity (Wildman–Crippen MR) is 143 cm³/mol. The van der Waals surface area contributed by atoms with E-state index in [1.165, 1.54) is 0 Å². The van der Waals surface area contributed by atoms with Gasteiger partial charge in [0.1, 0.15) is 12.2 Å². The fraction of sp³-hybridized carbons (Fsp3) is 0.962. The van der Waals surface area contributed by atoms with Crippen LogP contribution in [0.3, 0.4) is 0 Å². The van der Waals surface area contributed by atoms with Crippen LogP contribution in [0.25, 0.3) is 0 Å². The highest BCUT2D eigenvalue weighted by molar-refractivity contribution is 5.71. The Kier molecular flexibility index (Phi) is 29.3. The van der Waals surface area contributed by atoms with Gasteiger partial charge >= 0.3 is 5.97 Å². The summed E-state index contributed by atoms with van der Waals surface area (Å²) in [4.78, 5) is 11.5. The molecular formula is C26H53NO12. The average molecular weight is 572 g/mol. The molecule has 13 heteroatoms. The van der Waals surface area contributed by atoms with Crippen molar-refractivity contribution in [3.05, 3.63) is 0 Å². The monoisotopic (exact) mass is 571 g/mol. The highest BCUT2D eigenvalue weighted by Gasteiger charge is 2.15. The van der Waals surface area contributed by atoms with Gasteiger partial charge in [0.2, 0.25) is 0 Å². The van der Waals surface area contributed by atoms with Gasteiger partial charge in [-0.3, -0.25) is 0 Å². The summed E-state index contributed by atoms with van der Waals surface area (Å²) in [5, 5.41) is 0. The molecule has 0 rings (SSSR count). The van der Waals surface area contributed by atoms with Gasteiger partial charge in [0.25, 0.3) is 0 Å². The largest absolute Gasteiger partial charge is 0.458 e. The van der Waals surface area contributed by atoms with E-state index in [1.807, 2.05) is 20.8 Å². The van der Waals surface area contributed by atoms with Crippen molar-refractivity contribution < 1.29 is 56.9 Å². The summed E-state index contributed by atoms with van der Waals surface area (Å²) in [6.07, 6.45) is 0. The molecule has 0 aliphatic carbocycles. The van der Waals surface area contributed by atoms with E-state index in [0.717, 1.165) is 0 Å². The maximum absolute atomic E-state index is 11.5. The number of esters is 1. The van der Waals surface area contributed by atoms with E-state index in [2.05, 4.69) is 0 Å². The first-order valence-corrected chi connectivity index (χ1v) is 13.6. The number of carbonyl (C=O) groups is 1. The highest BCUT2D eigenvalue weighted by Crippen LogP contribution is 2.06. The lowest BCUT2D eigenvalue weighted by molar-refractivity contribution is -0.160. The molecule has 0 spiro atoms. The van der Waals surface area contributed by atoms with Crippen LogP contribution in [0.1, 0.15) is 20.8 Å². The molecule has 0 heterocycles. The number of nitrogens with two attached hydrogens (primary N) is 1. The second kappa shape index (κ2) is 30.0. The molecule has 0 bridgehead atoms. The summed E-state index contributed by atoms with van der Waals surface area (Å²) < 4.78 is 58.8. The molecule has 13 nitrogen and oxygen atoms in total. The Balaban J connectivity index is 3.09. The van der Waals surface area contributed by atoms with Crippen molar-refractivity contribution in [2.45, 2.75) is 26.4 Å². The Labute approximate surface area is 234 Å². The number of rotatable bonds is 31. The summed E-state index contributed by atoms with van der Waals surface area (Å²) in [5.41, 5.74) is 4.81. The summed E-state index contributed by atoms with van der Waals surface area (Å²) in [6, 6.07) is 0. The Morgan fingerprint density at radius 2 is 0.667 bits per heavy atom. The molecule has 0 saturated carbocycles. The minimum absolute atomic E-state index is 0.0808. The van der Waals surface area contributed by atoms with Crippen molar-refractivity contribution in [1.29, 1.82) is 0 Å².